The van der Waals surface area contributed by atoms with Crippen LogP contribution in [0.15, 0.2) is 0 Å². The smallest absolute Gasteiger partial charge is 0.418 e. The number of nitrogens with zero attached hydrogens (tertiary/aromatic N) is 1. The molecule has 0 aromatic heterocycles. The van der Waals surface area contributed by atoms with Crippen molar-refractivity contribution < 1.29 is 21.7 Å². The molecule has 0 unspecified atom stereocenters. The predicted molar refractivity (Wildman–Crippen MR) is 48.0 cm³/mol. The summed E-state index contributed by atoms with van der Waals surface area (Å²) in [6, 6.07) is 0.750. The van der Waals surface area contributed by atoms with Crippen LogP contribution in [0.25, 0.3) is 0 Å². The fraction of sp³-hybridized carbons (Fsp3) is 1.00. The van der Waals surface area contributed by atoms with Crippen LogP contribution in [-0.2, 0) is 0 Å². The van der Waals surface area contributed by atoms with Gasteiger partial charge in [0, 0.05) is 0 Å². The molecule has 13 heavy (non-hydrogen) atoms. The second-order valence-corrected chi connectivity index (χ2v) is 3.68. The van der Waals surface area contributed by atoms with E-state index in [-0.39, 0.29) is 0 Å². The van der Waals surface area contributed by atoms with Gasteiger partial charge < -0.3 is 21.7 Å². The van der Waals surface area contributed by atoms with Crippen LogP contribution in [0.2, 0.25) is 0 Å². The first-order valence-corrected chi connectivity index (χ1v) is 4.20. The molecule has 0 aromatic carbocycles. The van der Waals surface area contributed by atoms with Gasteiger partial charge in [0.2, 0.25) is 0 Å². The van der Waals surface area contributed by atoms with Gasteiger partial charge in [-0.3, -0.25) is 0 Å². The maximum absolute atomic E-state index is 9.75. The zero-order chi connectivity index (χ0) is 11.3. The van der Waals surface area contributed by atoms with Crippen LogP contribution in [-0.4, -0.2) is 38.4 Å². The van der Waals surface area contributed by atoms with E-state index in [9.17, 15) is 17.3 Å². The lowest BCUT2D eigenvalue weighted by Gasteiger charge is -2.32. The lowest BCUT2D eigenvalue weighted by atomic mass is 10.3. The first kappa shape index (κ1) is 15.2. The van der Waals surface area contributed by atoms with Crippen molar-refractivity contribution in [2.75, 3.05) is 20.6 Å². The van der Waals surface area contributed by atoms with E-state index in [0.29, 0.717) is 0 Å². The van der Waals surface area contributed by atoms with Crippen molar-refractivity contribution in [2.24, 2.45) is 0 Å². The molecular formula is C7H18BF4N. The van der Waals surface area contributed by atoms with Gasteiger partial charge in [0.05, 0.1) is 26.7 Å². The highest BCUT2D eigenvalue weighted by molar-refractivity contribution is 6.50. The number of quaternary nitrogens is 1. The molecule has 0 rings (SSSR count). The lowest BCUT2D eigenvalue weighted by molar-refractivity contribution is -0.909. The van der Waals surface area contributed by atoms with Crippen LogP contribution in [0.3, 0.4) is 0 Å². The molecule has 0 spiro atoms. The van der Waals surface area contributed by atoms with Crippen LogP contribution in [0.5, 0.6) is 0 Å². The van der Waals surface area contributed by atoms with Crippen molar-refractivity contribution in [1.29, 1.82) is 0 Å². The number of halogens is 4. The number of rotatable bonds is 2. The second-order valence-electron chi connectivity index (χ2n) is 3.68. The Labute approximate surface area is 77.4 Å². The molecule has 0 radical (unpaired) electrons. The fourth-order valence-electron chi connectivity index (χ4n) is 0.365. The molecule has 0 aliphatic heterocycles. The van der Waals surface area contributed by atoms with Crippen molar-refractivity contribution in [3.8, 4) is 0 Å². The summed E-state index contributed by atoms with van der Waals surface area (Å²) >= 11 is 0. The quantitative estimate of drug-likeness (QED) is 0.367. The average molecular weight is 203 g/mol. The molecule has 82 valence electrons. The van der Waals surface area contributed by atoms with Crippen LogP contribution < -0.4 is 0 Å². The standard InChI is InChI=1S/C7H18N.BF4/c1-6-8(4,5)7(2)3;2-1(3,4)5/h7H,6H2,1-5H3;/q+1;-1. The van der Waals surface area contributed by atoms with E-state index in [2.05, 4.69) is 34.9 Å². The van der Waals surface area contributed by atoms with Gasteiger partial charge in [0.15, 0.2) is 0 Å². The first-order chi connectivity index (χ1) is 5.50. The van der Waals surface area contributed by atoms with Gasteiger partial charge in [-0.05, 0) is 20.8 Å². The van der Waals surface area contributed by atoms with Crippen LogP contribution >= 0.6 is 0 Å². The molecule has 0 fully saturated rings. The Kier molecular flexibility index (Phi) is 6.41. The SMILES string of the molecule is CC[N+](C)(C)C(C)C.F[B-](F)(F)F. The minimum Gasteiger partial charge on any atom is -0.418 e. The molecule has 0 bridgehead atoms. The Hall–Kier alpha value is -0.255. The molecular weight excluding hydrogens is 185 g/mol. The molecule has 0 aromatic rings. The Morgan fingerprint density at radius 3 is 1.31 bits per heavy atom. The highest BCUT2D eigenvalue weighted by Gasteiger charge is 2.20. The molecule has 0 amide bonds. The second kappa shape index (κ2) is 5.47. The molecule has 0 atom stereocenters. The summed E-state index contributed by atoms with van der Waals surface area (Å²) in [4.78, 5) is 0. The Balaban J connectivity index is 0. The lowest BCUT2D eigenvalue weighted by Crippen LogP contribution is -2.45. The van der Waals surface area contributed by atoms with Crippen LogP contribution in [0.4, 0.5) is 17.3 Å². The number of hydrogen-bond acceptors (Lipinski definition) is 0. The molecule has 0 heterocycles. The average Bonchev–Trinajstić information content (AvgIpc) is 1.83. The van der Waals surface area contributed by atoms with Crippen molar-refractivity contribution in [3.63, 3.8) is 0 Å². The number of hydrogen-bond donors (Lipinski definition) is 0. The fourth-order valence-corrected chi connectivity index (χ4v) is 0.365. The van der Waals surface area contributed by atoms with E-state index >= 15 is 0 Å². The summed E-state index contributed by atoms with van der Waals surface area (Å²) in [5, 5.41) is 0. The molecule has 0 N–H and O–H groups in total. The van der Waals surface area contributed by atoms with Gasteiger partial charge in [-0.2, -0.15) is 0 Å². The molecule has 0 saturated heterocycles. The van der Waals surface area contributed by atoms with Gasteiger partial charge in [0.25, 0.3) is 0 Å². The minimum absolute atomic E-state index is 0.750. The third-order valence-corrected chi connectivity index (χ3v) is 2.21. The summed E-state index contributed by atoms with van der Waals surface area (Å²) in [5.74, 6) is 0. The third-order valence-electron chi connectivity index (χ3n) is 2.21. The van der Waals surface area contributed by atoms with Gasteiger partial charge in [-0.1, -0.05) is 0 Å². The molecule has 0 aliphatic rings. The zero-order valence-corrected chi connectivity index (χ0v) is 8.82. The van der Waals surface area contributed by atoms with E-state index in [1.807, 2.05) is 0 Å². The van der Waals surface area contributed by atoms with Crippen molar-refractivity contribution >= 4 is 7.25 Å². The minimum atomic E-state index is -6.00. The predicted octanol–water partition coefficient (Wildman–Crippen LogP) is 2.79. The largest absolute Gasteiger partial charge is 0.673 e. The summed E-state index contributed by atoms with van der Waals surface area (Å²) in [6.45, 7) is 7.95. The highest BCUT2D eigenvalue weighted by Crippen LogP contribution is 2.06. The van der Waals surface area contributed by atoms with Crippen LogP contribution in [0.1, 0.15) is 20.8 Å². The van der Waals surface area contributed by atoms with Crippen molar-refractivity contribution in [3.05, 3.63) is 0 Å². The topological polar surface area (TPSA) is 0 Å². The highest BCUT2D eigenvalue weighted by atomic mass is 19.5. The molecule has 6 heteroatoms. The monoisotopic (exact) mass is 203 g/mol. The van der Waals surface area contributed by atoms with Gasteiger partial charge in [-0.15, -0.1) is 0 Å². The zero-order valence-electron chi connectivity index (χ0n) is 8.82. The molecule has 0 aliphatic carbocycles. The normalized spacial score (nSPS) is 12.5. The summed E-state index contributed by atoms with van der Waals surface area (Å²) in [7, 11) is -1.49. The third kappa shape index (κ3) is 14.6. The van der Waals surface area contributed by atoms with E-state index in [4.69, 9.17) is 0 Å². The van der Waals surface area contributed by atoms with E-state index in [1.54, 1.807) is 0 Å². The Bertz CT molecular complexity index is 127. The summed E-state index contributed by atoms with van der Waals surface area (Å²) in [6.07, 6.45) is 0. The maximum atomic E-state index is 9.75. The van der Waals surface area contributed by atoms with Gasteiger partial charge >= 0.3 is 7.25 Å². The molecule has 1 nitrogen and oxygen atoms in total. The Morgan fingerprint density at radius 1 is 1.08 bits per heavy atom. The van der Waals surface area contributed by atoms with Crippen molar-refractivity contribution in [1.82, 2.24) is 0 Å². The van der Waals surface area contributed by atoms with E-state index in [1.165, 1.54) is 6.54 Å². The van der Waals surface area contributed by atoms with Gasteiger partial charge in [-0.25, -0.2) is 0 Å². The summed E-state index contributed by atoms with van der Waals surface area (Å²) in [5.41, 5.74) is 0. The Morgan fingerprint density at radius 2 is 1.31 bits per heavy atom. The summed E-state index contributed by atoms with van der Waals surface area (Å²) < 4.78 is 40.1. The van der Waals surface area contributed by atoms with E-state index < -0.39 is 7.25 Å². The van der Waals surface area contributed by atoms with E-state index in [0.717, 1.165) is 10.5 Å². The van der Waals surface area contributed by atoms with Crippen molar-refractivity contribution in [2.45, 2.75) is 26.8 Å². The molecule has 0 saturated carbocycles. The van der Waals surface area contributed by atoms with Crippen LogP contribution in [0, 0.1) is 0 Å². The van der Waals surface area contributed by atoms with Gasteiger partial charge in [0.1, 0.15) is 0 Å². The maximum Gasteiger partial charge on any atom is 0.673 e. The first-order valence-electron chi connectivity index (χ1n) is 4.20.